The van der Waals surface area contributed by atoms with Gasteiger partial charge in [0.15, 0.2) is 5.76 Å². The number of carbonyl (C=O) groups excluding carboxylic acids is 1. The number of piperidine rings is 1. The standard InChI is InChI=1S/C20H29N3O3S/c1-15-6-3-7-16(2)23(15)10-5-9-21-20(24)14-25-13-17-12-18(26-22-17)19-8-4-11-27-19/h4,8,11-12,15-16H,3,5-7,9-10,13-14H2,1-2H3,(H,21,24). The number of nitrogens with zero attached hydrogens (tertiary/aromatic N) is 2. The molecule has 148 valence electrons. The average Bonchev–Trinajstić information content (AvgIpc) is 3.32. The molecule has 2 unspecified atom stereocenters. The summed E-state index contributed by atoms with van der Waals surface area (Å²) in [7, 11) is 0. The SMILES string of the molecule is CC1CCCC(C)N1CCCNC(=O)COCc1cc(-c2cccs2)on1. The first-order valence-corrected chi connectivity index (χ1v) is 10.6. The molecule has 0 aliphatic carbocycles. The van der Waals surface area contributed by atoms with Gasteiger partial charge in [-0.3, -0.25) is 9.69 Å². The van der Waals surface area contributed by atoms with E-state index in [4.69, 9.17) is 9.26 Å². The zero-order valence-electron chi connectivity index (χ0n) is 16.1. The van der Waals surface area contributed by atoms with Crippen molar-refractivity contribution in [3.8, 4) is 10.6 Å². The van der Waals surface area contributed by atoms with Gasteiger partial charge in [0.1, 0.15) is 12.3 Å². The Kier molecular flexibility index (Phi) is 7.43. The normalized spacial score (nSPS) is 20.7. The number of ether oxygens (including phenoxy) is 1. The molecule has 6 nitrogen and oxygen atoms in total. The molecule has 0 bridgehead atoms. The highest BCUT2D eigenvalue weighted by molar-refractivity contribution is 7.13. The minimum atomic E-state index is -0.0864. The van der Waals surface area contributed by atoms with E-state index in [1.807, 2.05) is 23.6 Å². The number of carbonyl (C=O) groups is 1. The predicted octanol–water partition coefficient (Wildman–Crippen LogP) is 3.69. The molecule has 1 aliphatic rings. The number of hydrogen-bond acceptors (Lipinski definition) is 6. The summed E-state index contributed by atoms with van der Waals surface area (Å²) in [5.74, 6) is 0.644. The lowest BCUT2D eigenvalue weighted by molar-refractivity contribution is -0.126. The molecule has 1 fully saturated rings. The lowest BCUT2D eigenvalue weighted by Gasteiger charge is -2.39. The summed E-state index contributed by atoms with van der Waals surface area (Å²) in [5.41, 5.74) is 0.694. The molecular weight excluding hydrogens is 362 g/mol. The predicted molar refractivity (Wildman–Crippen MR) is 107 cm³/mol. The molecule has 2 atom stereocenters. The summed E-state index contributed by atoms with van der Waals surface area (Å²) in [6.07, 6.45) is 4.85. The van der Waals surface area contributed by atoms with Gasteiger partial charge in [-0.25, -0.2) is 0 Å². The molecule has 0 spiro atoms. The summed E-state index contributed by atoms with van der Waals surface area (Å²) in [6, 6.07) is 7.10. The van der Waals surface area contributed by atoms with Crippen LogP contribution in [0.15, 0.2) is 28.1 Å². The van der Waals surface area contributed by atoms with Crippen molar-refractivity contribution < 1.29 is 14.1 Å². The lowest BCUT2D eigenvalue weighted by atomic mass is 9.97. The van der Waals surface area contributed by atoms with Crippen molar-refractivity contribution in [1.29, 1.82) is 0 Å². The van der Waals surface area contributed by atoms with Crippen molar-refractivity contribution in [2.45, 2.75) is 58.2 Å². The Labute approximate surface area is 164 Å². The maximum atomic E-state index is 11.9. The van der Waals surface area contributed by atoms with Crippen molar-refractivity contribution in [3.05, 3.63) is 29.3 Å². The fraction of sp³-hybridized carbons (Fsp3) is 0.600. The van der Waals surface area contributed by atoms with E-state index >= 15 is 0 Å². The van der Waals surface area contributed by atoms with Crippen LogP contribution in [0.4, 0.5) is 0 Å². The molecule has 2 aromatic heterocycles. The van der Waals surface area contributed by atoms with Crippen molar-refractivity contribution in [2.75, 3.05) is 19.7 Å². The van der Waals surface area contributed by atoms with Crippen LogP contribution in [0.5, 0.6) is 0 Å². The number of aromatic nitrogens is 1. The van der Waals surface area contributed by atoms with E-state index in [1.54, 1.807) is 11.3 Å². The van der Waals surface area contributed by atoms with Crippen LogP contribution in [0.25, 0.3) is 10.6 Å². The van der Waals surface area contributed by atoms with Gasteiger partial charge in [-0.2, -0.15) is 0 Å². The Morgan fingerprint density at radius 2 is 2.22 bits per heavy atom. The molecule has 7 heteroatoms. The molecule has 1 saturated heterocycles. The van der Waals surface area contributed by atoms with E-state index in [9.17, 15) is 4.79 Å². The summed E-state index contributed by atoms with van der Waals surface area (Å²) >= 11 is 1.60. The monoisotopic (exact) mass is 391 g/mol. The van der Waals surface area contributed by atoms with Crippen LogP contribution < -0.4 is 5.32 Å². The first kappa shape index (κ1) is 20.0. The lowest BCUT2D eigenvalue weighted by Crippen LogP contribution is -2.44. The minimum absolute atomic E-state index is 0.0394. The number of amides is 1. The van der Waals surface area contributed by atoms with Crippen LogP contribution >= 0.6 is 11.3 Å². The Balaban J connectivity index is 1.29. The summed E-state index contributed by atoms with van der Waals surface area (Å²) in [6.45, 7) is 6.63. The molecule has 0 saturated carbocycles. The van der Waals surface area contributed by atoms with Gasteiger partial charge in [0.2, 0.25) is 5.91 Å². The topological polar surface area (TPSA) is 67.6 Å². The highest BCUT2D eigenvalue weighted by atomic mass is 32.1. The van der Waals surface area contributed by atoms with Gasteiger partial charge in [0.05, 0.1) is 11.5 Å². The third-order valence-electron chi connectivity index (χ3n) is 5.10. The Hall–Kier alpha value is -1.70. The number of thiophene rings is 1. The second kappa shape index (κ2) is 10.0. The molecular formula is C20H29N3O3S. The first-order valence-electron chi connectivity index (χ1n) is 9.73. The average molecular weight is 392 g/mol. The number of nitrogens with one attached hydrogen (secondary N) is 1. The maximum absolute atomic E-state index is 11.9. The fourth-order valence-electron chi connectivity index (χ4n) is 3.62. The van der Waals surface area contributed by atoms with Crippen LogP contribution in [-0.4, -0.2) is 47.7 Å². The maximum Gasteiger partial charge on any atom is 0.246 e. The summed E-state index contributed by atoms with van der Waals surface area (Å²) in [5, 5.41) is 8.90. The van der Waals surface area contributed by atoms with E-state index < -0.39 is 0 Å². The molecule has 27 heavy (non-hydrogen) atoms. The van der Waals surface area contributed by atoms with Gasteiger partial charge in [-0.15, -0.1) is 11.3 Å². The molecule has 0 radical (unpaired) electrons. The highest BCUT2D eigenvalue weighted by Crippen LogP contribution is 2.25. The summed E-state index contributed by atoms with van der Waals surface area (Å²) in [4.78, 5) is 15.5. The second-order valence-electron chi connectivity index (χ2n) is 7.22. The Morgan fingerprint density at radius 3 is 2.96 bits per heavy atom. The zero-order valence-corrected chi connectivity index (χ0v) is 17.0. The first-order chi connectivity index (χ1) is 13.1. The molecule has 1 N–H and O–H groups in total. The number of rotatable bonds is 9. The van der Waals surface area contributed by atoms with Gasteiger partial charge in [0, 0.05) is 31.2 Å². The molecule has 0 aromatic carbocycles. The number of hydrogen-bond donors (Lipinski definition) is 1. The smallest absolute Gasteiger partial charge is 0.246 e. The highest BCUT2D eigenvalue weighted by Gasteiger charge is 2.23. The minimum Gasteiger partial charge on any atom is -0.365 e. The van der Waals surface area contributed by atoms with Crippen molar-refractivity contribution >= 4 is 17.2 Å². The largest absolute Gasteiger partial charge is 0.365 e. The third kappa shape index (κ3) is 5.89. The van der Waals surface area contributed by atoms with E-state index in [0.29, 0.717) is 24.3 Å². The molecule has 3 heterocycles. The van der Waals surface area contributed by atoms with Crippen LogP contribution in [-0.2, 0) is 16.1 Å². The van der Waals surface area contributed by atoms with Crippen LogP contribution in [0.2, 0.25) is 0 Å². The van der Waals surface area contributed by atoms with Gasteiger partial charge in [-0.05, 0) is 44.6 Å². The van der Waals surface area contributed by atoms with E-state index in [1.165, 1.54) is 19.3 Å². The van der Waals surface area contributed by atoms with Crippen LogP contribution in [0, 0.1) is 0 Å². The Morgan fingerprint density at radius 1 is 1.41 bits per heavy atom. The quantitative estimate of drug-likeness (QED) is 0.660. The van der Waals surface area contributed by atoms with Gasteiger partial charge in [0.25, 0.3) is 0 Å². The molecule has 2 aromatic rings. The zero-order chi connectivity index (χ0) is 19.1. The van der Waals surface area contributed by atoms with Crippen molar-refractivity contribution in [2.24, 2.45) is 0 Å². The number of likely N-dealkylation sites (tertiary alicyclic amines) is 1. The molecule has 3 rings (SSSR count). The van der Waals surface area contributed by atoms with Crippen LogP contribution in [0.1, 0.15) is 45.2 Å². The van der Waals surface area contributed by atoms with Crippen molar-refractivity contribution in [1.82, 2.24) is 15.4 Å². The van der Waals surface area contributed by atoms with Crippen molar-refractivity contribution in [3.63, 3.8) is 0 Å². The molecule has 1 aliphatic heterocycles. The van der Waals surface area contributed by atoms with Gasteiger partial charge < -0.3 is 14.6 Å². The third-order valence-corrected chi connectivity index (χ3v) is 5.98. The van der Waals surface area contributed by atoms with Crippen LogP contribution in [0.3, 0.4) is 0 Å². The second-order valence-corrected chi connectivity index (χ2v) is 8.17. The molecule has 1 amide bonds. The van der Waals surface area contributed by atoms with Gasteiger partial charge in [-0.1, -0.05) is 17.6 Å². The van der Waals surface area contributed by atoms with E-state index in [0.717, 1.165) is 23.6 Å². The Bertz CT molecular complexity index is 691. The van der Waals surface area contributed by atoms with Gasteiger partial charge >= 0.3 is 0 Å². The van der Waals surface area contributed by atoms with E-state index in [-0.39, 0.29) is 19.1 Å². The van der Waals surface area contributed by atoms with E-state index in [2.05, 4.69) is 29.2 Å². The fourth-order valence-corrected chi connectivity index (χ4v) is 4.29. The summed E-state index contributed by atoms with van der Waals surface area (Å²) < 4.78 is 10.7.